The molecule has 9 nitrogen and oxygen atoms in total. The number of nitrogens with two attached hydrogens (primary N) is 1. The summed E-state index contributed by atoms with van der Waals surface area (Å²) in [5.74, 6) is -1.92. The second-order valence-corrected chi connectivity index (χ2v) is 8.00. The van der Waals surface area contributed by atoms with Gasteiger partial charge in [-0.3, -0.25) is 4.79 Å². The number of halogens is 1. The number of rotatable bonds is 3. The van der Waals surface area contributed by atoms with Gasteiger partial charge in [0.25, 0.3) is 5.91 Å². The molecule has 1 aliphatic heterocycles. The van der Waals surface area contributed by atoms with Crippen LogP contribution in [0.5, 0.6) is 0 Å². The van der Waals surface area contributed by atoms with Gasteiger partial charge in [-0.25, -0.2) is 22.1 Å². The second kappa shape index (κ2) is 6.09. The minimum atomic E-state index is -3.75. The molecular formula is C15H16FN5O4S. The van der Waals surface area contributed by atoms with Gasteiger partial charge in [0.15, 0.2) is 5.69 Å². The standard InChI is InChI=1S/C15H16FN5O4S/c1-15(8-26(23,24)21(2)14(17)19-15)10-7-9(3-4-11(10)16)18-13(22)12-5-6-25-20-12/h3-7H,8H2,1-2H3,(H2,17,19)(H,18,22)/t15-/m0/s1. The molecule has 0 bridgehead atoms. The van der Waals surface area contributed by atoms with Crippen LogP contribution in [0.2, 0.25) is 0 Å². The highest BCUT2D eigenvalue weighted by Gasteiger charge is 2.41. The third-order valence-corrected chi connectivity index (χ3v) is 5.99. The Labute approximate surface area is 148 Å². The Morgan fingerprint density at radius 2 is 2.15 bits per heavy atom. The lowest BCUT2D eigenvalue weighted by molar-refractivity contribution is 0.101. The molecule has 0 radical (unpaired) electrons. The first-order valence-electron chi connectivity index (χ1n) is 7.46. The van der Waals surface area contributed by atoms with Gasteiger partial charge in [0, 0.05) is 24.4 Å². The van der Waals surface area contributed by atoms with E-state index in [1.807, 2.05) is 0 Å². The summed E-state index contributed by atoms with van der Waals surface area (Å²) in [4.78, 5) is 16.2. The topological polar surface area (TPSA) is 131 Å². The van der Waals surface area contributed by atoms with Gasteiger partial charge in [-0.1, -0.05) is 5.16 Å². The predicted molar refractivity (Wildman–Crippen MR) is 91.4 cm³/mol. The zero-order valence-electron chi connectivity index (χ0n) is 13.9. The first-order valence-corrected chi connectivity index (χ1v) is 9.07. The molecule has 1 aliphatic rings. The first kappa shape index (κ1) is 17.9. The zero-order chi connectivity index (χ0) is 19.1. The number of aliphatic imine (C=N–C) groups is 1. The molecule has 26 heavy (non-hydrogen) atoms. The molecule has 0 spiro atoms. The van der Waals surface area contributed by atoms with Crippen molar-refractivity contribution in [2.45, 2.75) is 12.5 Å². The summed E-state index contributed by atoms with van der Waals surface area (Å²) in [6.07, 6.45) is 1.24. The monoisotopic (exact) mass is 381 g/mol. The fourth-order valence-corrected chi connectivity index (χ4v) is 4.08. The molecule has 3 N–H and O–H groups in total. The number of carbonyl (C=O) groups is 1. The van der Waals surface area contributed by atoms with E-state index in [2.05, 4.69) is 20.0 Å². The molecule has 0 saturated heterocycles. The molecule has 1 amide bonds. The van der Waals surface area contributed by atoms with Crippen molar-refractivity contribution in [3.05, 3.63) is 47.6 Å². The van der Waals surface area contributed by atoms with Gasteiger partial charge in [-0.15, -0.1) is 0 Å². The van der Waals surface area contributed by atoms with Gasteiger partial charge in [0.1, 0.15) is 17.6 Å². The van der Waals surface area contributed by atoms with Gasteiger partial charge in [-0.05, 0) is 25.1 Å². The number of hydrogen-bond donors (Lipinski definition) is 2. The summed E-state index contributed by atoms with van der Waals surface area (Å²) in [7, 11) is -2.48. The van der Waals surface area contributed by atoms with Crippen LogP contribution in [0.4, 0.5) is 10.1 Å². The quantitative estimate of drug-likeness (QED) is 0.811. The predicted octanol–water partition coefficient (Wildman–Crippen LogP) is 0.871. The van der Waals surface area contributed by atoms with Gasteiger partial charge >= 0.3 is 0 Å². The lowest BCUT2D eigenvalue weighted by Gasteiger charge is -2.34. The Morgan fingerprint density at radius 3 is 2.77 bits per heavy atom. The maximum Gasteiger partial charge on any atom is 0.277 e. The van der Waals surface area contributed by atoms with Crippen LogP contribution in [0, 0.1) is 5.82 Å². The SMILES string of the molecule is CN1C(N)=N[C@](C)(c2cc(NC(=O)c3ccon3)ccc2F)CS1(=O)=O. The Kier molecular flexibility index (Phi) is 4.18. The molecule has 0 aliphatic carbocycles. The van der Waals surface area contributed by atoms with E-state index >= 15 is 0 Å². The van der Waals surface area contributed by atoms with Gasteiger partial charge in [0.2, 0.25) is 16.0 Å². The maximum absolute atomic E-state index is 14.4. The van der Waals surface area contributed by atoms with Crippen LogP contribution in [0.15, 0.2) is 40.0 Å². The van der Waals surface area contributed by atoms with Gasteiger partial charge in [-0.2, -0.15) is 0 Å². The Balaban J connectivity index is 1.99. The van der Waals surface area contributed by atoms with Crippen molar-refractivity contribution in [2.75, 3.05) is 18.1 Å². The summed E-state index contributed by atoms with van der Waals surface area (Å²) in [5.41, 5.74) is 4.54. The molecule has 138 valence electrons. The van der Waals surface area contributed by atoms with Crippen molar-refractivity contribution in [3.8, 4) is 0 Å². The lowest BCUT2D eigenvalue weighted by Crippen LogP contribution is -2.50. The van der Waals surface area contributed by atoms with E-state index in [0.717, 1.165) is 10.4 Å². The van der Waals surface area contributed by atoms with E-state index < -0.39 is 33.0 Å². The Morgan fingerprint density at radius 1 is 1.42 bits per heavy atom. The second-order valence-electron chi connectivity index (χ2n) is 6.00. The highest BCUT2D eigenvalue weighted by molar-refractivity contribution is 7.89. The number of aromatic nitrogens is 1. The molecule has 1 aromatic carbocycles. The smallest absolute Gasteiger partial charge is 0.277 e. The number of amides is 1. The van der Waals surface area contributed by atoms with Crippen molar-refractivity contribution in [3.63, 3.8) is 0 Å². The molecular weight excluding hydrogens is 365 g/mol. The average Bonchev–Trinajstić information content (AvgIpc) is 3.08. The van der Waals surface area contributed by atoms with Crippen LogP contribution >= 0.6 is 0 Å². The van der Waals surface area contributed by atoms with E-state index in [-0.39, 0.29) is 22.9 Å². The molecule has 11 heteroatoms. The molecule has 3 rings (SSSR count). The summed E-state index contributed by atoms with van der Waals surface area (Å²) in [5, 5.41) is 6.05. The largest absolute Gasteiger partial charge is 0.369 e. The van der Waals surface area contributed by atoms with E-state index in [1.54, 1.807) is 0 Å². The van der Waals surface area contributed by atoms with E-state index in [4.69, 9.17) is 5.73 Å². The molecule has 2 heterocycles. The number of carbonyl (C=O) groups excluding carboxylic acids is 1. The van der Waals surface area contributed by atoms with Crippen molar-refractivity contribution < 1.29 is 22.1 Å². The minimum absolute atomic E-state index is 0.00456. The van der Waals surface area contributed by atoms with E-state index in [1.165, 1.54) is 38.4 Å². The summed E-state index contributed by atoms with van der Waals surface area (Å²) >= 11 is 0. The summed E-state index contributed by atoms with van der Waals surface area (Å²) in [6, 6.07) is 5.16. The van der Waals surface area contributed by atoms with Crippen LogP contribution < -0.4 is 11.1 Å². The number of anilines is 1. The van der Waals surface area contributed by atoms with Crippen molar-refractivity contribution in [1.82, 2.24) is 9.46 Å². The van der Waals surface area contributed by atoms with E-state index in [0.29, 0.717) is 0 Å². The normalized spacial score (nSPS) is 22.0. The maximum atomic E-state index is 14.4. The molecule has 0 saturated carbocycles. The number of nitrogens with one attached hydrogen (secondary N) is 1. The summed E-state index contributed by atoms with van der Waals surface area (Å²) in [6.45, 7) is 1.46. The molecule has 1 atom stereocenters. The van der Waals surface area contributed by atoms with Crippen LogP contribution in [-0.2, 0) is 15.6 Å². The van der Waals surface area contributed by atoms with Crippen molar-refractivity contribution in [2.24, 2.45) is 10.7 Å². The van der Waals surface area contributed by atoms with Crippen molar-refractivity contribution in [1.29, 1.82) is 0 Å². The highest BCUT2D eigenvalue weighted by atomic mass is 32.2. The number of sulfonamides is 1. The third-order valence-electron chi connectivity index (χ3n) is 4.04. The average molecular weight is 381 g/mol. The Hall–Kier alpha value is -2.95. The molecule has 0 unspecified atom stereocenters. The number of benzene rings is 1. The van der Waals surface area contributed by atoms with Crippen LogP contribution in [-0.4, -0.2) is 42.5 Å². The number of hydrogen-bond acceptors (Lipinski definition) is 7. The van der Waals surface area contributed by atoms with Gasteiger partial charge in [0.05, 0.1) is 5.75 Å². The molecule has 2 aromatic rings. The minimum Gasteiger partial charge on any atom is -0.369 e. The first-order chi connectivity index (χ1) is 12.1. The van der Waals surface area contributed by atoms with Crippen LogP contribution in [0.3, 0.4) is 0 Å². The molecule has 0 fully saturated rings. The third kappa shape index (κ3) is 3.12. The lowest BCUT2D eigenvalue weighted by atomic mass is 9.93. The van der Waals surface area contributed by atoms with Crippen molar-refractivity contribution >= 4 is 27.6 Å². The fraction of sp³-hybridized carbons (Fsp3) is 0.267. The van der Waals surface area contributed by atoms with Crippen LogP contribution in [0.1, 0.15) is 23.0 Å². The van der Waals surface area contributed by atoms with Crippen LogP contribution in [0.25, 0.3) is 0 Å². The Bertz CT molecular complexity index is 989. The van der Waals surface area contributed by atoms with Gasteiger partial charge < -0.3 is 15.6 Å². The number of guanidine groups is 1. The zero-order valence-corrected chi connectivity index (χ0v) is 14.7. The summed E-state index contributed by atoms with van der Waals surface area (Å²) < 4.78 is 44.4. The molecule has 1 aromatic heterocycles. The fourth-order valence-electron chi connectivity index (χ4n) is 2.63. The highest BCUT2D eigenvalue weighted by Crippen LogP contribution is 2.34. The number of nitrogens with zero attached hydrogens (tertiary/aromatic N) is 3. The van der Waals surface area contributed by atoms with E-state index in [9.17, 15) is 17.6 Å².